The van der Waals surface area contributed by atoms with Crippen molar-refractivity contribution in [2.24, 2.45) is 0 Å². The van der Waals surface area contributed by atoms with Crippen molar-refractivity contribution in [2.75, 3.05) is 26.9 Å². The van der Waals surface area contributed by atoms with Gasteiger partial charge in [-0.2, -0.15) is 0 Å². The first-order chi connectivity index (χ1) is 16.2. The Balaban J connectivity index is 1.69. The topological polar surface area (TPSA) is 106 Å². The van der Waals surface area contributed by atoms with Crippen molar-refractivity contribution < 1.29 is 28.6 Å². The van der Waals surface area contributed by atoms with Gasteiger partial charge in [-0.05, 0) is 63.1 Å². The monoisotopic (exact) mass is 469 g/mol. The summed E-state index contributed by atoms with van der Waals surface area (Å²) < 4.78 is 16.4. The lowest BCUT2D eigenvalue weighted by Crippen LogP contribution is -2.43. The average molecular weight is 470 g/mol. The molecule has 2 atom stereocenters. The molecule has 1 fully saturated rings. The minimum Gasteiger partial charge on any atom is -0.497 e. The number of carbonyl (C=O) groups excluding carboxylic acids is 3. The molecule has 2 aromatic carbocycles. The summed E-state index contributed by atoms with van der Waals surface area (Å²) in [5, 5.41) is 5.54. The average Bonchev–Trinajstić information content (AvgIpc) is 3.04. The zero-order valence-electron chi connectivity index (χ0n) is 20.1. The van der Waals surface area contributed by atoms with Crippen molar-refractivity contribution in [1.82, 2.24) is 15.5 Å². The summed E-state index contributed by atoms with van der Waals surface area (Å²) in [7, 11) is 1.55. The van der Waals surface area contributed by atoms with Crippen LogP contribution in [0.3, 0.4) is 0 Å². The normalized spacial score (nSPS) is 18.3. The predicted octanol–water partition coefficient (Wildman–Crippen LogP) is 3.14. The van der Waals surface area contributed by atoms with Crippen LogP contribution in [-0.2, 0) is 15.1 Å². The van der Waals surface area contributed by atoms with Gasteiger partial charge < -0.3 is 24.8 Å². The summed E-state index contributed by atoms with van der Waals surface area (Å²) in [6.45, 7) is 7.79. The van der Waals surface area contributed by atoms with Gasteiger partial charge in [-0.3, -0.25) is 14.5 Å². The van der Waals surface area contributed by atoms with E-state index in [9.17, 15) is 14.4 Å². The van der Waals surface area contributed by atoms with Gasteiger partial charge in [0.05, 0.1) is 26.4 Å². The largest absolute Gasteiger partial charge is 0.497 e. The number of benzene rings is 2. The van der Waals surface area contributed by atoms with Gasteiger partial charge >= 0.3 is 6.03 Å². The van der Waals surface area contributed by atoms with Gasteiger partial charge in [-0.25, -0.2) is 4.79 Å². The number of amides is 4. The SMILES string of the molecule is CCOc1ccc([C@H](C)NC(=O)CN2C(=O)N[C@@](C)(c3ccc(OC)cc3)C2=O)cc1OCC. The van der Waals surface area contributed by atoms with Crippen molar-refractivity contribution in [3.05, 3.63) is 53.6 Å². The molecule has 1 heterocycles. The number of hydrogen-bond acceptors (Lipinski definition) is 6. The number of imide groups is 1. The van der Waals surface area contributed by atoms with Crippen molar-refractivity contribution in [1.29, 1.82) is 0 Å². The Morgan fingerprint density at radius 2 is 1.71 bits per heavy atom. The molecule has 182 valence electrons. The summed E-state index contributed by atoms with van der Waals surface area (Å²) in [5.74, 6) is 0.902. The van der Waals surface area contributed by atoms with E-state index in [1.54, 1.807) is 44.4 Å². The van der Waals surface area contributed by atoms with E-state index in [-0.39, 0.29) is 6.04 Å². The van der Waals surface area contributed by atoms with Gasteiger partial charge in [0.15, 0.2) is 11.5 Å². The minimum atomic E-state index is -1.27. The Labute approximate surface area is 199 Å². The number of nitrogens with one attached hydrogen (secondary N) is 2. The van der Waals surface area contributed by atoms with Crippen LogP contribution in [0.4, 0.5) is 4.79 Å². The van der Waals surface area contributed by atoms with Gasteiger partial charge in [-0.15, -0.1) is 0 Å². The lowest BCUT2D eigenvalue weighted by atomic mass is 9.92. The first kappa shape index (κ1) is 24.9. The van der Waals surface area contributed by atoms with Gasteiger partial charge in [-0.1, -0.05) is 18.2 Å². The first-order valence-corrected chi connectivity index (χ1v) is 11.2. The molecule has 1 saturated heterocycles. The smallest absolute Gasteiger partial charge is 0.325 e. The molecule has 2 aromatic rings. The standard InChI is InChI=1S/C25H31N3O6/c1-6-33-20-13-8-17(14-21(20)34-7-2)16(3)26-22(29)15-28-23(30)25(4,27-24(28)31)18-9-11-19(32-5)12-10-18/h8-14,16H,6-7,15H2,1-5H3,(H,26,29)(H,27,31)/t16-,25-/m0/s1. The number of hydrogen-bond donors (Lipinski definition) is 2. The van der Waals surface area contributed by atoms with Crippen LogP contribution >= 0.6 is 0 Å². The van der Waals surface area contributed by atoms with E-state index in [0.29, 0.717) is 36.0 Å². The van der Waals surface area contributed by atoms with E-state index in [1.165, 1.54) is 0 Å². The number of rotatable bonds is 10. The van der Waals surface area contributed by atoms with E-state index in [0.717, 1.165) is 10.5 Å². The van der Waals surface area contributed by atoms with Gasteiger partial charge in [0.1, 0.15) is 17.8 Å². The molecular formula is C25H31N3O6. The highest BCUT2D eigenvalue weighted by molar-refractivity contribution is 6.09. The van der Waals surface area contributed by atoms with Gasteiger partial charge in [0.25, 0.3) is 5.91 Å². The predicted molar refractivity (Wildman–Crippen MR) is 126 cm³/mol. The Hall–Kier alpha value is -3.75. The van der Waals surface area contributed by atoms with Crippen LogP contribution in [0.2, 0.25) is 0 Å². The van der Waals surface area contributed by atoms with Crippen LogP contribution in [0.15, 0.2) is 42.5 Å². The summed E-state index contributed by atoms with van der Waals surface area (Å²) in [5.41, 5.74) is 0.137. The molecule has 0 radical (unpaired) electrons. The molecule has 0 saturated carbocycles. The molecule has 1 aliphatic heterocycles. The fraction of sp³-hybridized carbons (Fsp3) is 0.400. The second kappa shape index (κ2) is 10.5. The van der Waals surface area contributed by atoms with E-state index in [2.05, 4.69) is 10.6 Å². The van der Waals surface area contributed by atoms with Gasteiger partial charge in [0, 0.05) is 0 Å². The Morgan fingerprint density at radius 3 is 2.32 bits per heavy atom. The maximum atomic E-state index is 13.1. The molecule has 3 rings (SSSR count). The Morgan fingerprint density at radius 1 is 1.06 bits per heavy atom. The molecular weight excluding hydrogens is 438 g/mol. The molecule has 0 aliphatic carbocycles. The van der Waals surface area contributed by atoms with E-state index >= 15 is 0 Å². The van der Waals surface area contributed by atoms with Crippen LogP contribution in [-0.4, -0.2) is 49.6 Å². The molecule has 1 aliphatic rings. The molecule has 0 aromatic heterocycles. The zero-order chi connectivity index (χ0) is 24.9. The fourth-order valence-corrected chi connectivity index (χ4v) is 3.81. The van der Waals surface area contributed by atoms with E-state index in [1.807, 2.05) is 32.9 Å². The number of carbonyl (C=O) groups is 3. The van der Waals surface area contributed by atoms with Crippen LogP contribution in [0, 0.1) is 0 Å². The Kier molecular flexibility index (Phi) is 7.65. The molecule has 9 heteroatoms. The van der Waals surface area contributed by atoms with E-state index in [4.69, 9.17) is 14.2 Å². The number of nitrogens with zero attached hydrogens (tertiary/aromatic N) is 1. The molecule has 0 spiro atoms. The lowest BCUT2D eigenvalue weighted by Gasteiger charge is -2.23. The summed E-state index contributed by atoms with van der Waals surface area (Å²) >= 11 is 0. The number of ether oxygens (including phenoxy) is 3. The quantitative estimate of drug-likeness (QED) is 0.518. The third-order valence-electron chi connectivity index (χ3n) is 5.69. The van der Waals surface area contributed by atoms with Crippen molar-refractivity contribution in [3.63, 3.8) is 0 Å². The highest BCUT2D eigenvalue weighted by atomic mass is 16.5. The van der Waals surface area contributed by atoms with Crippen LogP contribution in [0.5, 0.6) is 17.2 Å². The lowest BCUT2D eigenvalue weighted by molar-refractivity contribution is -0.135. The highest BCUT2D eigenvalue weighted by Crippen LogP contribution is 2.32. The van der Waals surface area contributed by atoms with Crippen LogP contribution < -0.4 is 24.8 Å². The summed E-state index contributed by atoms with van der Waals surface area (Å²) in [6, 6.07) is 11.3. The van der Waals surface area contributed by atoms with Crippen molar-refractivity contribution >= 4 is 17.8 Å². The van der Waals surface area contributed by atoms with E-state index < -0.39 is 29.9 Å². The third kappa shape index (κ3) is 5.08. The Bertz CT molecular complexity index is 1060. The third-order valence-corrected chi connectivity index (χ3v) is 5.69. The van der Waals surface area contributed by atoms with Crippen molar-refractivity contribution in [3.8, 4) is 17.2 Å². The zero-order valence-corrected chi connectivity index (χ0v) is 20.1. The molecule has 2 N–H and O–H groups in total. The minimum absolute atomic E-state index is 0.379. The first-order valence-electron chi connectivity index (χ1n) is 11.2. The number of methoxy groups -OCH3 is 1. The summed E-state index contributed by atoms with van der Waals surface area (Å²) in [4.78, 5) is 39.3. The van der Waals surface area contributed by atoms with Crippen LogP contribution in [0.25, 0.3) is 0 Å². The second-order valence-electron chi connectivity index (χ2n) is 8.04. The number of urea groups is 1. The molecule has 34 heavy (non-hydrogen) atoms. The van der Waals surface area contributed by atoms with Crippen molar-refractivity contribution in [2.45, 2.75) is 39.3 Å². The summed E-state index contributed by atoms with van der Waals surface area (Å²) in [6.07, 6.45) is 0. The fourth-order valence-electron chi connectivity index (χ4n) is 3.81. The maximum Gasteiger partial charge on any atom is 0.325 e. The molecule has 4 amide bonds. The van der Waals surface area contributed by atoms with Crippen LogP contribution in [0.1, 0.15) is 44.9 Å². The molecule has 0 bridgehead atoms. The molecule has 9 nitrogen and oxygen atoms in total. The van der Waals surface area contributed by atoms with Gasteiger partial charge in [0.2, 0.25) is 5.91 Å². The highest BCUT2D eigenvalue weighted by Gasteiger charge is 2.49. The second-order valence-corrected chi connectivity index (χ2v) is 8.04. The maximum absolute atomic E-state index is 13.1. The molecule has 0 unspecified atom stereocenters.